The number of nitrogens with one attached hydrogen (secondary N) is 1. The number of hydrogen-bond donors (Lipinski definition) is 1. The standard InChI is InChI=1S/C20H16ClN5OS/c1-12-7-3-5-9-15(12)24-20-25-18(21)17(28-20)11-22-26-13(2)23-16-10-6-4-8-14(16)19(26)27/h3-11H,1-2H3,(H,24,25)/b22-11+. The Hall–Kier alpha value is -3.03. The smallest absolute Gasteiger partial charge is 0.282 e. The van der Waals surface area contributed by atoms with Gasteiger partial charge in [-0.15, -0.1) is 0 Å². The van der Waals surface area contributed by atoms with Crippen molar-refractivity contribution < 1.29 is 0 Å². The van der Waals surface area contributed by atoms with Crippen LogP contribution in [0, 0.1) is 13.8 Å². The van der Waals surface area contributed by atoms with Crippen molar-refractivity contribution >= 4 is 50.9 Å². The zero-order valence-electron chi connectivity index (χ0n) is 15.2. The fourth-order valence-electron chi connectivity index (χ4n) is 2.76. The first-order chi connectivity index (χ1) is 13.5. The predicted molar refractivity (Wildman–Crippen MR) is 115 cm³/mol. The molecule has 0 saturated heterocycles. The van der Waals surface area contributed by atoms with Crippen molar-refractivity contribution in [1.82, 2.24) is 14.6 Å². The van der Waals surface area contributed by atoms with Crippen LogP contribution in [0.5, 0.6) is 0 Å². The van der Waals surface area contributed by atoms with Crippen LogP contribution in [-0.4, -0.2) is 20.9 Å². The van der Waals surface area contributed by atoms with Gasteiger partial charge < -0.3 is 5.32 Å². The van der Waals surface area contributed by atoms with E-state index in [1.54, 1.807) is 25.1 Å². The lowest BCUT2D eigenvalue weighted by molar-refractivity contribution is 0.771. The van der Waals surface area contributed by atoms with Crippen LogP contribution in [0.2, 0.25) is 5.15 Å². The summed E-state index contributed by atoms with van der Waals surface area (Å²) in [6.07, 6.45) is 1.54. The third-order valence-electron chi connectivity index (χ3n) is 4.20. The molecule has 6 nitrogen and oxygen atoms in total. The van der Waals surface area contributed by atoms with E-state index in [2.05, 4.69) is 20.4 Å². The number of anilines is 2. The maximum atomic E-state index is 12.7. The third kappa shape index (κ3) is 3.54. The van der Waals surface area contributed by atoms with Crippen molar-refractivity contribution in [3.63, 3.8) is 0 Å². The van der Waals surface area contributed by atoms with E-state index in [9.17, 15) is 4.79 Å². The van der Waals surface area contributed by atoms with E-state index < -0.39 is 0 Å². The first-order valence-electron chi connectivity index (χ1n) is 8.54. The maximum Gasteiger partial charge on any atom is 0.282 e. The highest BCUT2D eigenvalue weighted by molar-refractivity contribution is 7.17. The normalized spacial score (nSPS) is 11.4. The van der Waals surface area contributed by atoms with Crippen molar-refractivity contribution in [2.75, 3.05) is 5.32 Å². The second-order valence-corrected chi connectivity index (χ2v) is 7.54. The molecule has 8 heteroatoms. The molecule has 0 amide bonds. The second-order valence-electron chi connectivity index (χ2n) is 6.15. The Labute approximate surface area is 170 Å². The van der Waals surface area contributed by atoms with E-state index in [0.717, 1.165) is 11.3 Å². The molecule has 1 N–H and O–H groups in total. The fourth-order valence-corrected chi connectivity index (χ4v) is 3.79. The van der Waals surface area contributed by atoms with E-state index in [-0.39, 0.29) is 5.56 Å². The Morgan fingerprint density at radius 1 is 1.11 bits per heavy atom. The molecule has 0 radical (unpaired) electrons. The molecule has 2 aromatic heterocycles. The molecule has 0 aliphatic carbocycles. The molecular weight excluding hydrogens is 394 g/mol. The minimum atomic E-state index is -0.224. The van der Waals surface area contributed by atoms with Gasteiger partial charge in [0.05, 0.1) is 22.0 Å². The lowest BCUT2D eigenvalue weighted by atomic mass is 10.2. The van der Waals surface area contributed by atoms with E-state index >= 15 is 0 Å². The number of aryl methyl sites for hydroxylation is 2. The first kappa shape index (κ1) is 18.3. The second kappa shape index (κ2) is 7.53. The van der Waals surface area contributed by atoms with Gasteiger partial charge in [0.25, 0.3) is 5.56 Å². The zero-order chi connectivity index (χ0) is 19.7. The number of fused-ring (bicyclic) bond motifs is 1. The number of thiazole rings is 1. The molecule has 0 unspecified atom stereocenters. The summed E-state index contributed by atoms with van der Waals surface area (Å²) in [7, 11) is 0. The minimum Gasteiger partial charge on any atom is -0.331 e. The van der Waals surface area contributed by atoms with Gasteiger partial charge >= 0.3 is 0 Å². The largest absolute Gasteiger partial charge is 0.331 e. The van der Waals surface area contributed by atoms with E-state index in [1.165, 1.54) is 22.2 Å². The summed E-state index contributed by atoms with van der Waals surface area (Å²) in [5.74, 6) is 0.499. The summed E-state index contributed by atoms with van der Waals surface area (Å²) in [6, 6.07) is 15.1. The van der Waals surface area contributed by atoms with Gasteiger partial charge in [-0.1, -0.05) is 53.3 Å². The molecule has 0 atom stereocenters. The quantitative estimate of drug-likeness (QED) is 0.494. The van der Waals surface area contributed by atoms with Crippen LogP contribution in [0.4, 0.5) is 10.8 Å². The van der Waals surface area contributed by atoms with Gasteiger partial charge in [-0.3, -0.25) is 4.79 Å². The Kier molecular flexibility index (Phi) is 4.93. The van der Waals surface area contributed by atoms with Gasteiger partial charge in [0, 0.05) is 5.69 Å². The predicted octanol–water partition coefficient (Wildman–Crippen LogP) is 4.75. The van der Waals surface area contributed by atoms with Crippen LogP contribution in [0.15, 0.2) is 58.4 Å². The highest BCUT2D eigenvalue weighted by Gasteiger charge is 2.10. The van der Waals surface area contributed by atoms with Crippen molar-refractivity contribution in [2.45, 2.75) is 13.8 Å². The highest BCUT2D eigenvalue weighted by atomic mass is 35.5. The van der Waals surface area contributed by atoms with Gasteiger partial charge in [0.1, 0.15) is 5.82 Å². The molecule has 140 valence electrons. The number of benzene rings is 2. The molecule has 2 aromatic carbocycles. The van der Waals surface area contributed by atoms with Gasteiger partial charge in [0.15, 0.2) is 10.3 Å². The SMILES string of the molecule is Cc1ccccc1Nc1nc(Cl)c(/C=N/n2c(C)nc3ccccc3c2=O)s1. The summed E-state index contributed by atoms with van der Waals surface area (Å²) in [5, 5.41) is 9.05. The van der Waals surface area contributed by atoms with Crippen LogP contribution >= 0.6 is 22.9 Å². The van der Waals surface area contributed by atoms with Crippen molar-refractivity contribution in [3.05, 3.63) is 80.3 Å². The summed E-state index contributed by atoms with van der Waals surface area (Å²) in [6.45, 7) is 3.76. The summed E-state index contributed by atoms with van der Waals surface area (Å²) >= 11 is 7.62. The van der Waals surface area contributed by atoms with E-state index in [4.69, 9.17) is 11.6 Å². The molecule has 0 spiro atoms. The van der Waals surface area contributed by atoms with Gasteiger partial charge in [-0.05, 0) is 37.6 Å². The minimum absolute atomic E-state index is 0.224. The highest BCUT2D eigenvalue weighted by Crippen LogP contribution is 2.29. The van der Waals surface area contributed by atoms with Crippen LogP contribution in [0.25, 0.3) is 10.9 Å². The average molecular weight is 410 g/mol. The van der Waals surface area contributed by atoms with Crippen LogP contribution in [0.1, 0.15) is 16.3 Å². The molecule has 0 fully saturated rings. The summed E-state index contributed by atoms with van der Waals surface area (Å²) in [4.78, 5) is 22.1. The van der Waals surface area contributed by atoms with Crippen molar-refractivity contribution in [2.24, 2.45) is 5.10 Å². The summed E-state index contributed by atoms with van der Waals surface area (Å²) < 4.78 is 1.27. The van der Waals surface area contributed by atoms with E-state index in [1.807, 2.05) is 37.3 Å². The fraction of sp³-hybridized carbons (Fsp3) is 0.100. The number of hydrogen-bond acceptors (Lipinski definition) is 6. The molecular formula is C20H16ClN5OS. The Morgan fingerprint density at radius 2 is 1.86 bits per heavy atom. The molecule has 0 aliphatic rings. The number of rotatable bonds is 4. The molecule has 0 aliphatic heterocycles. The molecule has 4 aromatic rings. The monoisotopic (exact) mass is 409 g/mol. The van der Waals surface area contributed by atoms with Gasteiger partial charge in [0.2, 0.25) is 0 Å². The van der Waals surface area contributed by atoms with Crippen LogP contribution < -0.4 is 10.9 Å². The number of halogens is 1. The van der Waals surface area contributed by atoms with Gasteiger partial charge in [-0.2, -0.15) is 9.78 Å². The van der Waals surface area contributed by atoms with Crippen LogP contribution in [0.3, 0.4) is 0 Å². The van der Waals surface area contributed by atoms with E-state index in [0.29, 0.717) is 31.9 Å². The molecule has 4 rings (SSSR count). The number of aromatic nitrogens is 3. The van der Waals surface area contributed by atoms with Crippen molar-refractivity contribution in [3.8, 4) is 0 Å². The van der Waals surface area contributed by atoms with Gasteiger partial charge in [-0.25, -0.2) is 9.97 Å². The lowest BCUT2D eigenvalue weighted by Crippen LogP contribution is -2.20. The molecule has 0 saturated carbocycles. The maximum absolute atomic E-state index is 12.7. The summed E-state index contributed by atoms with van der Waals surface area (Å²) in [5.41, 5.74) is 2.49. The Balaban J connectivity index is 1.66. The average Bonchev–Trinajstić information content (AvgIpc) is 3.03. The molecule has 2 heterocycles. The molecule has 28 heavy (non-hydrogen) atoms. The third-order valence-corrected chi connectivity index (χ3v) is 5.51. The van der Waals surface area contributed by atoms with Crippen molar-refractivity contribution in [1.29, 1.82) is 0 Å². The number of nitrogens with zero attached hydrogens (tertiary/aromatic N) is 4. The Morgan fingerprint density at radius 3 is 2.68 bits per heavy atom. The topological polar surface area (TPSA) is 72.2 Å². The molecule has 0 bridgehead atoms. The lowest BCUT2D eigenvalue weighted by Gasteiger charge is -2.05. The zero-order valence-corrected chi connectivity index (χ0v) is 16.8. The van der Waals surface area contributed by atoms with Crippen LogP contribution in [-0.2, 0) is 0 Å². The first-order valence-corrected chi connectivity index (χ1v) is 9.74. The Bertz CT molecular complexity index is 1260. The number of para-hydroxylation sites is 2.